The topological polar surface area (TPSA) is 74.6 Å². The van der Waals surface area contributed by atoms with Crippen LogP contribution in [0.25, 0.3) is 0 Å². The summed E-state index contributed by atoms with van der Waals surface area (Å²) in [5.74, 6) is -2.23. The van der Waals surface area contributed by atoms with E-state index in [0.717, 1.165) is 18.9 Å². The second-order valence-electron chi connectivity index (χ2n) is 4.95. The predicted octanol–water partition coefficient (Wildman–Crippen LogP) is 4.20. The molecule has 0 saturated carbocycles. The normalized spacial score (nSPS) is 9.43. The lowest BCUT2D eigenvalue weighted by molar-refractivity contribution is 0.0695. The van der Waals surface area contributed by atoms with Crippen molar-refractivity contribution >= 4 is 11.9 Å². The first-order valence-electron chi connectivity index (χ1n) is 7.17. The van der Waals surface area contributed by atoms with Crippen LogP contribution in [0.15, 0.2) is 61.2 Å². The van der Waals surface area contributed by atoms with Gasteiger partial charge < -0.3 is 10.2 Å². The van der Waals surface area contributed by atoms with Gasteiger partial charge in [-0.1, -0.05) is 42.5 Å². The van der Waals surface area contributed by atoms with E-state index in [4.69, 9.17) is 10.2 Å². The van der Waals surface area contributed by atoms with Gasteiger partial charge in [-0.05, 0) is 43.0 Å². The third-order valence-corrected chi connectivity index (χ3v) is 3.19. The number of rotatable bonds is 5. The quantitative estimate of drug-likeness (QED) is 0.812. The second kappa shape index (κ2) is 9.20. The van der Waals surface area contributed by atoms with E-state index in [1.807, 2.05) is 12.1 Å². The SMILES string of the molecule is C=CCCc1ccccc1.Cc1ccc(C(=O)O)cc1C(=O)O. The smallest absolute Gasteiger partial charge is 0.335 e. The van der Waals surface area contributed by atoms with E-state index in [2.05, 4.69) is 30.8 Å². The van der Waals surface area contributed by atoms with Gasteiger partial charge in [-0.3, -0.25) is 0 Å². The Kier molecular flexibility index (Phi) is 7.27. The van der Waals surface area contributed by atoms with Crippen molar-refractivity contribution in [2.45, 2.75) is 19.8 Å². The highest BCUT2D eigenvalue weighted by Crippen LogP contribution is 2.11. The Morgan fingerprint density at radius 3 is 2.22 bits per heavy atom. The average Bonchev–Trinajstić information content (AvgIpc) is 2.54. The first-order chi connectivity index (χ1) is 11.0. The molecule has 4 heteroatoms. The molecule has 120 valence electrons. The Labute approximate surface area is 135 Å². The van der Waals surface area contributed by atoms with Crippen LogP contribution >= 0.6 is 0 Å². The average molecular weight is 312 g/mol. The largest absolute Gasteiger partial charge is 0.478 e. The molecule has 0 bridgehead atoms. The van der Waals surface area contributed by atoms with Crippen molar-refractivity contribution in [2.75, 3.05) is 0 Å². The number of hydrogen-bond donors (Lipinski definition) is 2. The summed E-state index contributed by atoms with van der Waals surface area (Å²) in [6.07, 6.45) is 4.14. The number of aromatic carboxylic acids is 2. The summed E-state index contributed by atoms with van der Waals surface area (Å²) in [7, 11) is 0. The molecule has 0 atom stereocenters. The molecule has 2 rings (SSSR count). The van der Waals surface area contributed by atoms with Crippen LogP contribution in [0, 0.1) is 6.92 Å². The van der Waals surface area contributed by atoms with Gasteiger partial charge in [-0.2, -0.15) is 0 Å². The maximum atomic E-state index is 10.6. The minimum atomic E-state index is -1.12. The lowest BCUT2D eigenvalue weighted by Gasteiger charge is -2.01. The molecule has 0 heterocycles. The van der Waals surface area contributed by atoms with E-state index in [-0.39, 0.29) is 11.1 Å². The molecule has 4 nitrogen and oxygen atoms in total. The van der Waals surface area contributed by atoms with E-state index < -0.39 is 11.9 Å². The number of allylic oxidation sites excluding steroid dienone is 1. The zero-order valence-corrected chi connectivity index (χ0v) is 13.0. The molecule has 2 aromatic carbocycles. The van der Waals surface area contributed by atoms with Crippen LogP contribution in [0.2, 0.25) is 0 Å². The molecule has 0 aliphatic heterocycles. The minimum absolute atomic E-state index is 0.0111. The van der Waals surface area contributed by atoms with E-state index >= 15 is 0 Å². The molecule has 23 heavy (non-hydrogen) atoms. The van der Waals surface area contributed by atoms with E-state index in [9.17, 15) is 9.59 Å². The summed E-state index contributed by atoms with van der Waals surface area (Å²) in [6.45, 7) is 5.30. The zero-order chi connectivity index (χ0) is 17.2. The molecule has 0 spiro atoms. The number of benzene rings is 2. The van der Waals surface area contributed by atoms with Crippen LogP contribution < -0.4 is 0 Å². The highest BCUT2D eigenvalue weighted by molar-refractivity contribution is 5.94. The highest BCUT2D eigenvalue weighted by atomic mass is 16.4. The maximum absolute atomic E-state index is 10.6. The van der Waals surface area contributed by atoms with Gasteiger partial charge in [-0.25, -0.2) is 9.59 Å². The molecule has 0 fully saturated rings. The second-order valence-corrected chi connectivity index (χ2v) is 4.95. The van der Waals surface area contributed by atoms with Gasteiger partial charge in [0.15, 0.2) is 0 Å². The van der Waals surface area contributed by atoms with Crippen molar-refractivity contribution in [1.29, 1.82) is 0 Å². The Hall–Kier alpha value is -2.88. The Morgan fingerprint density at radius 1 is 1.04 bits per heavy atom. The standard InChI is InChI=1S/C10H12.C9H8O4/c1-2-3-7-10-8-5-4-6-9-10;1-5-2-3-6(8(10)11)4-7(5)9(12)13/h2,4-6,8-9H,1,3,7H2;2-4H,1H3,(H,10,11)(H,12,13). The molecule has 0 amide bonds. The summed E-state index contributed by atoms with van der Waals surface area (Å²) in [6, 6.07) is 14.5. The Morgan fingerprint density at radius 2 is 1.70 bits per heavy atom. The molecule has 0 aliphatic carbocycles. The van der Waals surface area contributed by atoms with E-state index in [0.29, 0.717) is 5.56 Å². The monoisotopic (exact) mass is 312 g/mol. The lowest BCUT2D eigenvalue weighted by atomic mass is 10.1. The van der Waals surface area contributed by atoms with Gasteiger partial charge >= 0.3 is 11.9 Å². The summed E-state index contributed by atoms with van der Waals surface area (Å²) < 4.78 is 0. The first kappa shape index (κ1) is 18.2. The molecular formula is C19H20O4. The molecule has 0 saturated heterocycles. The number of hydrogen-bond acceptors (Lipinski definition) is 2. The molecule has 0 radical (unpaired) electrons. The van der Waals surface area contributed by atoms with Crippen LogP contribution in [0.5, 0.6) is 0 Å². The summed E-state index contributed by atoms with van der Waals surface area (Å²) in [5.41, 5.74) is 1.96. The first-order valence-corrected chi connectivity index (χ1v) is 7.17. The van der Waals surface area contributed by atoms with Crippen molar-refractivity contribution in [2.24, 2.45) is 0 Å². The maximum Gasteiger partial charge on any atom is 0.335 e. The Bertz CT molecular complexity index is 675. The molecule has 0 aromatic heterocycles. The van der Waals surface area contributed by atoms with Gasteiger partial charge in [0.1, 0.15) is 0 Å². The predicted molar refractivity (Wildman–Crippen MR) is 90.1 cm³/mol. The van der Waals surface area contributed by atoms with Gasteiger partial charge in [0.25, 0.3) is 0 Å². The molecule has 0 aliphatic rings. The van der Waals surface area contributed by atoms with Crippen molar-refractivity contribution < 1.29 is 19.8 Å². The van der Waals surface area contributed by atoms with Crippen molar-refractivity contribution in [3.05, 3.63) is 83.4 Å². The fourth-order valence-corrected chi connectivity index (χ4v) is 1.90. The van der Waals surface area contributed by atoms with E-state index in [1.165, 1.54) is 17.7 Å². The summed E-state index contributed by atoms with van der Waals surface area (Å²) in [4.78, 5) is 21.1. The Balaban J connectivity index is 0.000000238. The number of carboxylic acid groups (broad SMARTS) is 2. The molecular weight excluding hydrogens is 292 g/mol. The van der Waals surface area contributed by atoms with Crippen LogP contribution in [0.1, 0.15) is 38.3 Å². The fraction of sp³-hybridized carbons (Fsp3) is 0.158. The van der Waals surface area contributed by atoms with Gasteiger partial charge in [0.2, 0.25) is 0 Å². The molecule has 2 N–H and O–H groups in total. The summed E-state index contributed by atoms with van der Waals surface area (Å²) >= 11 is 0. The fourth-order valence-electron chi connectivity index (χ4n) is 1.90. The lowest BCUT2D eigenvalue weighted by Crippen LogP contribution is -2.03. The summed E-state index contributed by atoms with van der Waals surface area (Å²) in [5, 5.41) is 17.3. The third-order valence-electron chi connectivity index (χ3n) is 3.19. The van der Waals surface area contributed by atoms with Gasteiger partial charge in [0.05, 0.1) is 11.1 Å². The van der Waals surface area contributed by atoms with Crippen molar-refractivity contribution in [3.8, 4) is 0 Å². The zero-order valence-electron chi connectivity index (χ0n) is 13.0. The van der Waals surface area contributed by atoms with Crippen LogP contribution in [0.4, 0.5) is 0 Å². The van der Waals surface area contributed by atoms with Crippen LogP contribution in [0.3, 0.4) is 0 Å². The van der Waals surface area contributed by atoms with Gasteiger partial charge in [0, 0.05) is 0 Å². The van der Waals surface area contributed by atoms with Crippen LogP contribution in [-0.2, 0) is 6.42 Å². The minimum Gasteiger partial charge on any atom is -0.478 e. The molecule has 2 aromatic rings. The van der Waals surface area contributed by atoms with Crippen molar-refractivity contribution in [3.63, 3.8) is 0 Å². The number of aryl methyl sites for hydroxylation is 2. The van der Waals surface area contributed by atoms with Crippen molar-refractivity contribution in [1.82, 2.24) is 0 Å². The molecule has 0 unspecified atom stereocenters. The van der Waals surface area contributed by atoms with Crippen LogP contribution in [-0.4, -0.2) is 22.2 Å². The number of carbonyl (C=O) groups is 2. The van der Waals surface area contributed by atoms with Gasteiger partial charge in [-0.15, -0.1) is 6.58 Å². The third kappa shape index (κ3) is 6.18. The number of carboxylic acids is 2. The van der Waals surface area contributed by atoms with E-state index in [1.54, 1.807) is 6.92 Å². The highest BCUT2D eigenvalue weighted by Gasteiger charge is 2.10.